The summed E-state index contributed by atoms with van der Waals surface area (Å²) >= 11 is 0. The fourth-order valence-corrected chi connectivity index (χ4v) is 4.14. The van der Waals surface area contributed by atoms with Crippen LogP contribution in [0.25, 0.3) is 0 Å². The quantitative estimate of drug-likeness (QED) is 0.226. The number of carbonyl (C=O) groups is 1. The van der Waals surface area contributed by atoms with Crippen LogP contribution >= 0.6 is 0 Å². The van der Waals surface area contributed by atoms with Gasteiger partial charge in [0.2, 0.25) is 0 Å². The lowest BCUT2D eigenvalue weighted by molar-refractivity contribution is -0.145. The summed E-state index contributed by atoms with van der Waals surface area (Å²) in [6, 6.07) is 0. The normalized spacial score (nSPS) is 21.3. The third kappa shape index (κ3) is 10.4. The average Bonchev–Trinajstić information content (AvgIpc) is 2.62. The maximum Gasteiger partial charge on any atom is 0.333 e. The number of unbranched alkanes of at least 4 members (excludes halogenated alkanes) is 6. The molecule has 0 aromatic heterocycles. The van der Waals surface area contributed by atoms with E-state index in [1.165, 1.54) is 77.0 Å². The van der Waals surface area contributed by atoms with Gasteiger partial charge in [0, 0.05) is 18.6 Å². The van der Waals surface area contributed by atoms with Crippen molar-refractivity contribution in [2.45, 2.75) is 110 Å². The minimum atomic E-state index is -0.323. The molecule has 1 atom stereocenters. The van der Waals surface area contributed by atoms with Gasteiger partial charge < -0.3 is 9.84 Å². The number of rotatable bonds is 14. The molecule has 1 aliphatic rings. The summed E-state index contributed by atoms with van der Waals surface area (Å²) in [4.78, 5) is 11.7. The molecule has 1 rings (SSSR count). The van der Waals surface area contributed by atoms with E-state index in [0.29, 0.717) is 17.9 Å². The Kier molecular flexibility index (Phi) is 12.7. The first-order valence-electron chi connectivity index (χ1n) is 11.0. The van der Waals surface area contributed by atoms with Crippen molar-refractivity contribution in [3.63, 3.8) is 0 Å². The van der Waals surface area contributed by atoms with Crippen molar-refractivity contribution in [1.82, 2.24) is 0 Å². The summed E-state index contributed by atoms with van der Waals surface area (Å²) in [7, 11) is 0. The number of esters is 1. The van der Waals surface area contributed by atoms with Crippen molar-refractivity contribution >= 4 is 5.97 Å². The number of hydrogen-bond donors (Lipinski definition) is 1. The van der Waals surface area contributed by atoms with Crippen molar-refractivity contribution in [3.05, 3.63) is 12.2 Å². The Balaban J connectivity index is 2.17. The van der Waals surface area contributed by atoms with Crippen LogP contribution in [-0.2, 0) is 9.53 Å². The van der Waals surface area contributed by atoms with Gasteiger partial charge in [-0.15, -0.1) is 0 Å². The third-order valence-corrected chi connectivity index (χ3v) is 5.85. The molecule has 1 aliphatic carbocycles. The number of ether oxygens (including phenoxy) is 1. The Morgan fingerprint density at radius 3 is 2.19 bits per heavy atom. The molecule has 1 unspecified atom stereocenters. The molecule has 0 saturated heterocycles. The largest absolute Gasteiger partial charge is 0.459 e. The van der Waals surface area contributed by atoms with E-state index in [0.717, 1.165) is 12.3 Å². The van der Waals surface area contributed by atoms with Gasteiger partial charge in [0.05, 0.1) is 0 Å². The molecule has 0 radical (unpaired) electrons. The molecule has 0 aromatic carbocycles. The van der Waals surface area contributed by atoms with Crippen molar-refractivity contribution < 1.29 is 14.6 Å². The van der Waals surface area contributed by atoms with E-state index in [4.69, 9.17) is 4.74 Å². The lowest BCUT2D eigenvalue weighted by Crippen LogP contribution is -2.25. The number of aliphatic hydroxyl groups is 1. The van der Waals surface area contributed by atoms with Crippen LogP contribution in [0.3, 0.4) is 0 Å². The van der Waals surface area contributed by atoms with E-state index in [2.05, 4.69) is 13.5 Å². The molecule has 152 valence electrons. The lowest BCUT2D eigenvalue weighted by atomic mass is 9.77. The predicted molar refractivity (Wildman–Crippen MR) is 109 cm³/mol. The summed E-state index contributed by atoms with van der Waals surface area (Å²) in [6.07, 6.45) is 17.5. The summed E-state index contributed by atoms with van der Waals surface area (Å²) in [5.41, 5.74) is 0.436. The van der Waals surface area contributed by atoms with Crippen molar-refractivity contribution in [2.75, 3.05) is 6.61 Å². The van der Waals surface area contributed by atoms with E-state index in [-0.39, 0.29) is 18.7 Å². The van der Waals surface area contributed by atoms with Crippen LogP contribution in [-0.4, -0.2) is 23.8 Å². The first-order valence-corrected chi connectivity index (χ1v) is 11.0. The van der Waals surface area contributed by atoms with E-state index >= 15 is 0 Å². The summed E-state index contributed by atoms with van der Waals surface area (Å²) < 4.78 is 5.50. The zero-order chi connectivity index (χ0) is 19.2. The number of carbonyl (C=O) groups excluding carboxylic acids is 1. The Morgan fingerprint density at radius 2 is 1.62 bits per heavy atom. The second-order valence-corrected chi connectivity index (χ2v) is 8.35. The molecular weight excluding hydrogens is 324 g/mol. The van der Waals surface area contributed by atoms with E-state index < -0.39 is 0 Å². The second kappa shape index (κ2) is 14.3. The van der Waals surface area contributed by atoms with Crippen LogP contribution in [0.2, 0.25) is 0 Å². The van der Waals surface area contributed by atoms with Crippen LogP contribution in [0.1, 0.15) is 104 Å². The smallest absolute Gasteiger partial charge is 0.333 e. The van der Waals surface area contributed by atoms with Gasteiger partial charge in [-0.1, -0.05) is 90.6 Å². The molecule has 1 fully saturated rings. The fraction of sp³-hybridized carbons (Fsp3) is 0.870. The molecule has 3 nitrogen and oxygen atoms in total. The maximum atomic E-state index is 11.7. The third-order valence-electron chi connectivity index (χ3n) is 5.85. The number of hydrogen-bond acceptors (Lipinski definition) is 3. The first kappa shape index (κ1) is 23.2. The molecule has 1 saturated carbocycles. The highest BCUT2D eigenvalue weighted by molar-refractivity contribution is 5.87. The Bertz CT molecular complexity index is 383. The van der Waals surface area contributed by atoms with Crippen molar-refractivity contribution in [1.29, 1.82) is 0 Å². The molecule has 0 bridgehead atoms. The molecule has 26 heavy (non-hydrogen) atoms. The summed E-state index contributed by atoms with van der Waals surface area (Å²) in [5, 5.41) is 9.23. The Morgan fingerprint density at radius 1 is 1.04 bits per heavy atom. The zero-order valence-corrected chi connectivity index (χ0v) is 17.3. The highest BCUT2D eigenvalue weighted by Gasteiger charge is 2.25. The van der Waals surface area contributed by atoms with Crippen LogP contribution in [0.4, 0.5) is 0 Å². The molecule has 0 spiro atoms. The SMILES string of the molecule is C=C(C)C(=O)OC(CCO)CC1CCC(CCCCCCCCC)CC1. The molecule has 0 heterocycles. The van der Waals surface area contributed by atoms with Crippen molar-refractivity contribution in [2.24, 2.45) is 11.8 Å². The Labute approximate surface area is 161 Å². The van der Waals surface area contributed by atoms with E-state index in [1.54, 1.807) is 6.92 Å². The maximum absolute atomic E-state index is 11.7. The van der Waals surface area contributed by atoms with Crippen LogP contribution in [0.15, 0.2) is 12.2 Å². The molecule has 3 heteroatoms. The monoisotopic (exact) mass is 366 g/mol. The topological polar surface area (TPSA) is 46.5 Å². The molecule has 0 aliphatic heterocycles. The van der Waals surface area contributed by atoms with E-state index in [1.807, 2.05) is 0 Å². The highest BCUT2D eigenvalue weighted by Crippen LogP contribution is 2.35. The van der Waals surface area contributed by atoms with Gasteiger partial charge in [0.1, 0.15) is 6.10 Å². The highest BCUT2D eigenvalue weighted by atomic mass is 16.5. The summed E-state index contributed by atoms with van der Waals surface area (Å²) in [5.74, 6) is 1.21. The van der Waals surface area contributed by atoms with Gasteiger partial charge >= 0.3 is 5.97 Å². The zero-order valence-electron chi connectivity index (χ0n) is 17.3. The molecule has 1 N–H and O–H groups in total. The Hall–Kier alpha value is -0.830. The lowest BCUT2D eigenvalue weighted by Gasteiger charge is -2.31. The predicted octanol–water partition coefficient (Wildman–Crippen LogP) is 6.19. The van der Waals surface area contributed by atoms with E-state index in [9.17, 15) is 9.90 Å². The molecular formula is C23H42O3. The summed E-state index contributed by atoms with van der Waals surface area (Å²) in [6.45, 7) is 7.66. The molecule has 0 amide bonds. The van der Waals surface area contributed by atoms with Crippen molar-refractivity contribution in [3.8, 4) is 0 Å². The van der Waals surface area contributed by atoms with Gasteiger partial charge in [-0.05, 0) is 25.2 Å². The minimum absolute atomic E-state index is 0.0712. The fourth-order valence-electron chi connectivity index (χ4n) is 4.14. The van der Waals surface area contributed by atoms with Gasteiger partial charge in [0.25, 0.3) is 0 Å². The van der Waals surface area contributed by atoms with Crippen LogP contribution < -0.4 is 0 Å². The minimum Gasteiger partial charge on any atom is -0.459 e. The van der Waals surface area contributed by atoms with Crippen LogP contribution in [0.5, 0.6) is 0 Å². The van der Waals surface area contributed by atoms with Gasteiger partial charge in [-0.2, -0.15) is 0 Å². The van der Waals surface area contributed by atoms with Gasteiger partial charge in [0.15, 0.2) is 0 Å². The first-order chi connectivity index (χ1) is 12.6. The van der Waals surface area contributed by atoms with Gasteiger partial charge in [-0.3, -0.25) is 0 Å². The van der Waals surface area contributed by atoms with Crippen LogP contribution in [0, 0.1) is 11.8 Å². The standard InChI is InChI=1S/C23H42O3/c1-4-5-6-7-8-9-10-11-20-12-14-21(15-13-20)18-22(16-17-24)26-23(25)19(2)3/h20-22,24H,2,4-18H2,1,3H3. The number of aliphatic hydroxyl groups excluding tert-OH is 1. The molecule has 0 aromatic rings. The average molecular weight is 367 g/mol. The second-order valence-electron chi connectivity index (χ2n) is 8.35. The van der Waals surface area contributed by atoms with Gasteiger partial charge in [-0.25, -0.2) is 4.79 Å².